The van der Waals surface area contributed by atoms with Crippen molar-refractivity contribution in [2.24, 2.45) is 0 Å². The lowest BCUT2D eigenvalue weighted by atomic mass is 10.2. The number of rotatable bonds is 5. The lowest BCUT2D eigenvalue weighted by molar-refractivity contribution is -0.128. The predicted molar refractivity (Wildman–Crippen MR) is 88.7 cm³/mol. The topological polar surface area (TPSA) is 67.4 Å². The molecule has 0 radical (unpaired) electrons. The molecule has 2 amide bonds. The van der Waals surface area contributed by atoms with Crippen LogP contribution in [0.3, 0.4) is 0 Å². The Hall–Kier alpha value is -2.86. The molecule has 0 atom stereocenters. The second kappa shape index (κ2) is 8.69. The molecule has 24 heavy (non-hydrogen) atoms. The molecule has 0 aliphatic carbocycles. The summed E-state index contributed by atoms with van der Waals surface area (Å²) in [4.78, 5) is 23.1. The summed E-state index contributed by atoms with van der Waals surface area (Å²) in [6.07, 6.45) is 2.81. The van der Waals surface area contributed by atoms with E-state index < -0.39 is 17.6 Å². The summed E-state index contributed by atoms with van der Waals surface area (Å²) < 4.78 is 17.9. The second-order valence-electron chi connectivity index (χ2n) is 4.67. The summed E-state index contributed by atoms with van der Waals surface area (Å²) in [6.45, 7) is -0.316. The zero-order valence-electron chi connectivity index (χ0n) is 12.5. The Morgan fingerprint density at radius 3 is 2.58 bits per heavy atom. The SMILES string of the molecule is O=C(/C=C/c1cccc(Cl)c1)NNC(=O)COc1ccc(F)cc1. The zero-order chi connectivity index (χ0) is 17.4. The third-order valence-electron chi connectivity index (χ3n) is 2.78. The van der Waals surface area contributed by atoms with Crippen LogP contribution >= 0.6 is 11.6 Å². The van der Waals surface area contributed by atoms with Crippen LogP contribution in [0, 0.1) is 5.82 Å². The van der Waals surface area contributed by atoms with Gasteiger partial charge in [-0.3, -0.25) is 20.4 Å². The molecule has 0 aliphatic rings. The molecular formula is C17H14ClFN2O3. The molecule has 5 nitrogen and oxygen atoms in total. The van der Waals surface area contributed by atoms with E-state index in [-0.39, 0.29) is 6.61 Å². The van der Waals surface area contributed by atoms with Crippen molar-refractivity contribution in [2.75, 3.05) is 6.61 Å². The number of carbonyl (C=O) groups excluding carboxylic acids is 2. The zero-order valence-corrected chi connectivity index (χ0v) is 13.2. The van der Waals surface area contributed by atoms with Gasteiger partial charge < -0.3 is 4.74 Å². The van der Waals surface area contributed by atoms with E-state index >= 15 is 0 Å². The first-order valence-electron chi connectivity index (χ1n) is 6.94. The maximum atomic E-state index is 12.7. The van der Waals surface area contributed by atoms with E-state index in [9.17, 15) is 14.0 Å². The van der Waals surface area contributed by atoms with Crippen molar-refractivity contribution in [2.45, 2.75) is 0 Å². The molecule has 0 unspecified atom stereocenters. The Morgan fingerprint density at radius 1 is 1.12 bits per heavy atom. The van der Waals surface area contributed by atoms with Crippen molar-refractivity contribution in [3.8, 4) is 5.75 Å². The van der Waals surface area contributed by atoms with Gasteiger partial charge in [-0.05, 0) is 48.0 Å². The molecule has 2 rings (SSSR count). The molecule has 7 heteroatoms. The molecule has 0 saturated carbocycles. The van der Waals surface area contributed by atoms with Crippen LogP contribution in [0.4, 0.5) is 4.39 Å². The van der Waals surface area contributed by atoms with Crippen molar-refractivity contribution in [1.29, 1.82) is 0 Å². The van der Waals surface area contributed by atoms with Crippen LogP contribution in [0.15, 0.2) is 54.6 Å². The van der Waals surface area contributed by atoms with Crippen LogP contribution in [-0.4, -0.2) is 18.4 Å². The third kappa shape index (κ3) is 6.10. The first-order valence-corrected chi connectivity index (χ1v) is 7.31. The van der Waals surface area contributed by atoms with Gasteiger partial charge in [0.2, 0.25) is 0 Å². The molecule has 0 heterocycles. The van der Waals surface area contributed by atoms with E-state index in [0.29, 0.717) is 10.8 Å². The quantitative estimate of drug-likeness (QED) is 0.645. The normalized spacial score (nSPS) is 10.4. The Balaban J connectivity index is 1.72. The minimum atomic E-state index is -0.552. The highest BCUT2D eigenvalue weighted by molar-refractivity contribution is 6.30. The Bertz CT molecular complexity index is 748. The molecule has 124 valence electrons. The highest BCUT2D eigenvalue weighted by atomic mass is 35.5. The fourth-order valence-corrected chi connectivity index (χ4v) is 1.87. The summed E-state index contributed by atoms with van der Waals surface area (Å²) in [6, 6.07) is 12.2. The molecule has 0 fully saturated rings. The molecular weight excluding hydrogens is 335 g/mol. The highest BCUT2D eigenvalue weighted by Gasteiger charge is 2.04. The number of hydrogen-bond acceptors (Lipinski definition) is 3. The molecule has 2 N–H and O–H groups in total. The summed E-state index contributed by atoms with van der Waals surface area (Å²) >= 11 is 5.83. The molecule has 0 spiro atoms. The standard InChI is InChI=1S/C17H14ClFN2O3/c18-13-3-1-2-12(10-13)4-9-16(22)20-21-17(23)11-24-15-7-5-14(19)6-8-15/h1-10H,11H2,(H,20,22)(H,21,23)/b9-4+. The van der Waals surface area contributed by atoms with Crippen molar-refractivity contribution >= 4 is 29.5 Å². The fraction of sp³-hybridized carbons (Fsp3) is 0.0588. The van der Waals surface area contributed by atoms with Crippen molar-refractivity contribution in [3.63, 3.8) is 0 Å². The van der Waals surface area contributed by atoms with E-state index in [2.05, 4.69) is 10.9 Å². The van der Waals surface area contributed by atoms with Gasteiger partial charge in [0.25, 0.3) is 11.8 Å². The summed E-state index contributed by atoms with van der Waals surface area (Å²) in [5.41, 5.74) is 5.16. The maximum absolute atomic E-state index is 12.7. The van der Waals surface area contributed by atoms with E-state index in [1.54, 1.807) is 30.3 Å². The van der Waals surface area contributed by atoms with Gasteiger partial charge in [-0.1, -0.05) is 23.7 Å². The van der Waals surface area contributed by atoms with E-state index in [0.717, 1.165) is 5.56 Å². The Labute approximate surface area is 143 Å². The van der Waals surface area contributed by atoms with Gasteiger partial charge in [0.05, 0.1) is 0 Å². The minimum Gasteiger partial charge on any atom is -0.484 e. The minimum absolute atomic E-state index is 0.316. The monoisotopic (exact) mass is 348 g/mol. The van der Waals surface area contributed by atoms with Gasteiger partial charge in [0, 0.05) is 11.1 Å². The number of halogens is 2. The lowest BCUT2D eigenvalue weighted by Gasteiger charge is -2.07. The van der Waals surface area contributed by atoms with Crippen molar-refractivity contribution in [3.05, 3.63) is 71.0 Å². The number of benzene rings is 2. The summed E-state index contributed by atoms with van der Waals surface area (Å²) in [7, 11) is 0. The average Bonchev–Trinajstić information content (AvgIpc) is 2.57. The molecule has 0 bridgehead atoms. The highest BCUT2D eigenvalue weighted by Crippen LogP contribution is 2.12. The number of hydrogen-bond donors (Lipinski definition) is 2. The summed E-state index contributed by atoms with van der Waals surface area (Å²) in [5, 5.41) is 0.559. The van der Waals surface area contributed by atoms with Gasteiger partial charge in [-0.25, -0.2) is 4.39 Å². The smallest absolute Gasteiger partial charge is 0.276 e. The first-order chi connectivity index (χ1) is 11.5. The van der Waals surface area contributed by atoms with E-state index in [4.69, 9.17) is 16.3 Å². The molecule has 2 aromatic rings. The number of amides is 2. The van der Waals surface area contributed by atoms with Crippen LogP contribution in [0.5, 0.6) is 5.75 Å². The molecule has 0 aliphatic heterocycles. The van der Waals surface area contributed by atoms with E-state index in [1.165, 1.54) is 30.3 Å². The fourth-order valence-electron chi connectivity index (χ4n) is 1.67. The van der Waals surface area contributed by atoms with Crippen LogP contribution < -0.4 is 15.6 Å². The number of hydrazine groups is 1. The predicted octanol–water partition coefficient (Wildman–Crippen LogP) is 2.72. The van der Waals surface area contributed by atoms with Gasteiger partial charge in [-0.15, -0.1) is 0 Å². The molecule has 0 saturated heterocycles. The van der Waals surface area contributed by atoms with Crippen molar-refractivity contribution in [1.82, 2.24) is 10.9 Å². The lowest BCUT2D eigenvalue weighted by Crippen LogP contribution is -2.43. The largest absolute Gasteiger partial charge is 0.484 e. The number of nitrogens with one attached hydrogen (secondary N) is 2. The average molecular weight is 349 g/mol. The van der Waals surface area contributed by atoms with E-state index in [1.807, 2.05) is 0 Å². The Kier molecular flexibility index (Phi) is 6.33. The van der Waals surface area contributed by atoms with Crippen LogP contribution in [0.2, 0.25) is 5.02 Å². The van der Waals surface area contributed by atoms with Gasteiger partial charge in [-0.2, -0.15) is 0 Å². The van der Waals surface area contributed by atoms with Gasteiger partial charge in [0.1, 0.15) is 11.6 Å². The number of carbonyl (C=O) groups is 2. The van der Waals surface area contributed by atoms with Crippen LogP contribution in [0.25, 0.3) is 6.08 Å². The number of ether oxygens (including phenoxy) is 1. The van der Waals surface area contributed by atoms with Gasteiger partial charge >= 0.3 is 0 Å². The summed E-state index contributed by atoms with van der Waals surface area (Å²) in [5.74, 6) is -1.11. The Morgan fingerprint density at radius 2 is 1.88 bits per heavy atom. The first kappa shape index (κ1) is 17.5. The molecule has 2 aromatic carbocycles. The third-order valence-corrected chi connectivity index (χ3v) is 3.02. The van der Waals surface area contributed by atoms with Crippen LogP contribution in [-0.2, 0) is 9.59 Å². The second-order valence-corrected chi connectivity index (χ2v) is 5.10. The maximum Gasteiger partial charge on any atom is 0.276 e. The van der Waals surface area contributed by atoms with Gasteiger partial charge in [0.15, 0.2) is 6.61 Å². The van der Waals surface area contributed by atoms with Crippen LogP contribution in [0.1, 0.15) is 5.56 Å². The molecule has 0 aromatic heterocycles. The van der Waals surface area contributed by atoms with Crippen molar-refractivity contribution < 1.29 is 18.7 Å².